The Morgan fingerprint density at radius 2 is 2.00 bits per heavy atom. The highest BCUT2D eigenvalue weighted by atomic mass is 32.2. The second-order valence-electron chi connectivity index (χ2n) is 4.63. The second-order valence-corrected chi connectivity index (χ2v) is 5.69. The van der Waals surface area contributed by atoms with Crippen molar-refractivity contribution in [1.29, 1.82) is 5.41 Å². The van der Waals surface area contributed by atoms with E-state index in [4.69, 9.17) is 20.6 Å². The van der Waals surface area contributed by atoms with E-state index in [2.05, 4.69) is 4.98 Å². The average molecular weight is 301 g/mol. The molecular formula is C15H15N3O2S. The van der Waals surface area contributed by atoms with E-state index >= 15 is 0 Å². The fourth-order valence-electron chi connectivity index (χ4n) is 2.14. The Bertz CT molecular complexity index is 703. The van der Waals surface area contributed by atoms with Gasteiger partial charge in [-0.05, 0) is 36.8 Å². The molecule has 1 aromatic carbocycles. The predicted molar refractivity (Wildman–Crippen MR) is 81.5 cm³/mol. The minimum Gasteiger partial charge on any atom is -0.486 e. The van der Waals surface area contributed by atoms with Gasteiger partial charge in [0.25, 0.3) is 0 Å². The van der Waals surface area contributed by atoms with Crippen molar-refractivity contribution in [3.05, 3.63) is 41.6 Å². The summed E-state index contributed by atoms with van der Waals surface area (Å²) in [4.78, 5) is 5.31. The number of hydrogen-bond donors (Lipinski definition) is 2. The van der Waals surface area contributed by atoms with Crippen molar-refractivity contribution in [1.82, 2.24) is 4.98 Å². The van der Waals surface area contributed by atoms with E-state index in [0.29, 0.717) is 18.8 Å². The Labute approximate surface area is 127 Å². The molecule has 2 heterocycles. The third kappa shape index (κ3) is 2.80. The van der Waals surface area contributed by atoms with Gasteiger partial charge in [0, 0.05) is 11.1 Å². The molecule has 1 aliphatic rings. The summed E-state index contributed by atoms with van der Waals surface area (Å²) in [6.07, 6.45) is 1.72. The van der Waals surface area contributed by atoms with E-state index in [1.54, 1.807) is 6.20 Å². The molecule has 0 bridgehead atoms. The van der Waals surface area contributed by atoms with Gasteiger partial charge in [0.1, 0.15) is 24.1 Å². The van der Waals surface area contributed by atoms with Crippen LogP contribution >= 0.6 is 11.8 Å². The zero-order valence-corrected chi connectivity index (χ0v) is 12.4. The van der Waals surface area contributed by atoms with Crippen LogP contribution in [0.4, 0.5) is 0 Å². The molecule has 2 aromatic rings. The normalized spacial score (nSPS) is 13.0. The largest absolute Gasteiger partial charge is 0.486 e. The molecule has 0 fully saturated rings. The molecular weight excluding hydrogens is 286 g/mol. The summed E-state index contributed by atoms with van der Waals surface area (Å²) in [6, 6.07) is 7.61. The van der Waals surface area contributed by atoms with Crippen molar-refractivity contribution in [2.24, 2.45) is 5.73 Å². The van der Waals surface area contributed by atoms with Crippen molar-refractivity contribution in [3.8, 4) is 11.5 Å². The number of benzene rings is 1. The fourth-order valence-corrected chi connectivity index (χ4v) is 3.15. The Hall–Kier alpha value is -2.21. The van der Waals surface area contributed by atoms with Crippen LogP contribution < -0.4 is 15.2 Å². The van der Waals surface area contributed by atoms with E-state index in [1.165, 1.54) is 11.8 Å². The summed E-state index contributed by atoms with van der Waals surface area (Å²) in [7, 11) is 0. The van der Waals surface area contributed by atoms with Gasteiger partial charge in [-0.3, -0.25) is 5.41 Å². The number of nitrogens with one attached hydrogen (secondary N) is 1. The smallest absolute Gasteiger partial charge is 0.162 e. The molecule has 21 heavy (non-hydrogen) atoms. The van der Waals surface area contributed by atoms with Crippen LogP contribution in [0.5, 0.6) is 11.5 Å². The van der Waals surface area contributed by atoms with Crippen LogP contribution in [-0.4, -0.2) is 24.0 Å². The summed E-state index contributed by atoms with van der Waals surface area (Å²) in [5, 5.41) is 8.44. The second kappa shape index (κ2) is 5.65. The molecule has 6 heteroatoms. The van der Waals surface area contributed by atoms with Gasteiger partial charge in [-0.25, -0.2) is 4.98 Å². The van der Waals surface area contributed by atoms with Gasteiger partial charge in [-0.15, -0.1) is 0 Å². The average Bonchev–Trinajstić information content (AvgIpc) is 2.47. The molecule has 0 spiro atoms. The molecule has 0 unspecified atom stereocenters. The van der Waals surface area contributed by atoms with E-state index in [0.717, 1.165) is 27.0 Å². The lowest BCUT2D eigenvalue weighted by atomic mass is 10.1. The highest BCUT2D eigenvalue weighted by Crippen LogP contribution is 2.37. The number of hydrogen-bond acceptors (Lipinski definition) is 5. The number of aryl methyl sites for hydroxylation is 1. The number of nitrogen functional groups attached to an aromatic ring is 1. The summed E-state index contributed by atoms with van der Waals surface area (Å²) >= 11 is 1.46. The molecule has 3 rings (SSSR count). The lowest BCUT2D eigenvalue weighted by molar-refractivity contribution is 0.171. The van der Waals surface area contributed by atoms with Gasteiger partial charge in [-0.2, -0.15) is 0 Å². The molecule has 5 nitrogen and oxygen atoms in total. The zero-order valence-electron chi connectivity index (χ0n) is 11.6. The molecule has 0 atom stereocenters. The van der Waals surface area contributed by atoms with Gasteiger partial charge in [0.05, 0.1) is 5.56 Å². The number of nitrogens with two attached hydrogens (primary N) is 1. The standard InChI is InChI=1S/C15H15N3O2S/c1-9-4-5-18-15(13(9)14(16)17)21-10-2-3-11-12(8-10)20-7-6-19-11/h2-5,8H,6-7H2,1H3,(H3,16,17). The molecule has 0 aliphatic carbocycles. The number of rotatable bonds is 3. The minimum absolute atomic E-state index is 0.0284. The van der Waals surface area contributed by atoms with Gasteiger partial charge < -0.3 is 15.2 Å². The molecule has 3 N–H and O–H groups in total. The van der Waals surface area contributed by atoms with Crippen LogP contribution in [0.2, 0.25) is 0 Å². The van der Waals surface area contributed by atoms with Crippen LogP contribution in [0.15, 0.2) is 40.4 Å². The zero-order chi connectivity index (χ0) is 14.8. The van der Waals surface area contributed by atoms with E-state index in [9.17, 15) is 0 Å². The third-order valence-corrected chi connectivity index (χ3v) is 4.11. The Morgan fingerprint density at radius 1 is 1.24 bits per heavy atom. The van der Waals surface area contributed by atoms with Crippen LogP contribution in [-0.2, 0) is 0 Å². The molecule has 1 aliphatic heterocycles. The topological polar surface area (TPSA) is 81.2 Å². The van der Waals surface area contributed by atoms with Crippen molar-refractivity contribution >= 4 is 17.6 Å². The van der Waals surface area contributed by atoms with Crippen LogP contribution in [0.1, 0.15) is 11.1 Å². The highest BCUT2D eigenvalue weighted by molar-refractivity contribution is 7.99. The highest BCUT2D eigenvalue weighted by Gasteiger charge is 2.15. The molecule has 0 amide bonds. The van der Waals surface area contributed by atoms with Crippen LogP contribution in [0.3, 0.4) is 0 Å². The first-order valence-electron chi connectivity index (χ1n) is 6.52. The van der Waals surface area contributed by atoms with Gasteiger partial charge >= 0.3 is 0 Å². The van der Waals surface area contributed by atoms with Crippen molar-refractivity contribution in [2.75, 3.05) is 13.2 Å². The number of aromatic nitrogens is 1. The first-order valence-corrected chi connectivity index (χ1v) is 7.34. The maximum Gasteiger partial charge on any atom is 0.162 e. The lowest BCUT2D eigenvalue weighted by Crippen LogP contribution is -2.15. The van der Waals surface area contributed by atoms with Crippen LogP contribution in [0.25, 0.3) is 0 Å². The quantitative estimate of drug-likeness (QED) is 0.672. The first kappa shape index (κ1) is 13.8. The van der Waals surface area contributed by atoms with Crippen LogP contribution in [0, 0.1) is 12.3 Å². The fraction of sp³-hybridized carbons (Fsp3) is 0.200. The summed E-state index contributed by atoms with van der Waals surface area (Å²) in [5.41, 5.74) is 7.29. The predicted octanol–water partition coefficient (Wildman–Crippen LogP) is 2.60. The van der Waals surface area contributed by atoms with Gasteiger partial charge in [0.15, 0.2) is 11.5 Å². The molecule has 108 valence electrons. The Morgan fingerprint density at radius 3 is 2.76 bits per heavy atom. The van der Waals surface area contributed by atoms with E-state index in [1.807, 2.05) is 31.2 Å². The lowest BCUT2D eigenvalue weighted by Gasteiger charge is -2.18. The number of amidine groups is 1. The third-order valence-electron chi connectivity index (χ3n) is 3.12. The molecule has 0 radical (unpaired) electrons. The van der Waals surface area contributed by atoms with Crippen molar-refractivity contribution in [2.45, 2.75) is 16.8 Å². The number of fused-ring (bicyclic) bond motifs is 1. The number of nitrogens with zero attached hydrogens (tertiary/aromatic N) is 1. The summed E-state index contributed by atoms with van der Waals surface area (Å²) in [6.45, 7) is 3.06. The molecule has 1 aromatic heterocycles. The molecule has 0 saturated heterocycles. The number of ether oxygens (including phenoxy) is 2. The maximum atomic E-state index is 7.71. The molecule has 0 saturated carbocycles. The Balaban J connectivity index is 1.94. The van der Waals surface area contributed by atoms with E-state index < -0.39 is 0 Å². The summed E-state index contributed by atoms with van der Waals surface area (Å²) < 4.78 is 11.1. The number of pyridine rings is 1. The summed E-state index contributed by atoms with van der Waals surface area (Å²) in [5.74, 6) is 1.53. The van der Waals surface area contributed by atoms with Gasteiger partial charge in [-0.1, -0.05) is 11.8 Å². The Kier molecular flexibility index (Phi) is 3.70. The monoisotopic (exact) mass is 301 g/mol. The van der Waals surface area contributed by atoms with Gasteiger partial charge in [0.2, 0.25) is 0 Å². The van der Waals surface area contributed by atoms with E-state index in [-0.39, 0.29) is 5.84 Å². The van der Waals surface area contributed by atoms with Crippen molar-refractivity contribution < 1.29 is 9.47 Å². The first-order chi connectivity index (χ1) is 10.1. The van der Waals surface area contributed by atoms with Crippen molar-refractivity contribution in [3.63, 3.8) is 0 Å². The maximum absolute atomic E-state index is 7.71. The SMILES string of the molecule is Cc1ccnc(Sc2ccc3c(c2)OCCO3)c1C(=N)N. The minimum atomic E-state index is 0.0284.